The van der Waals surface area contributed by atoms with Gasteiger partial charge in [0.15, 0.2) is 0 Å². The summed E-state index contributed by atoms with van der Waals surface area (Å²) in [5.41, 5.74) is 2.46. The average Bonchev–Trinajstić information content (AvgIpc) is 2.12. The van der Waals surface area contributed by atoms with Crippen molar-refractivity contribution in [2.24, 2.45) is 11.8 Å². The number of hydrogen-bond donors (Lipinski definition) is 1. The molecule has 0 aliphatic heterocycles. The SMILES string of the molecule is Cc1cc(Br)c(NC2CC(C(C)C)C2)c(Br)c1. The Bertz CT molecular complexity index is 386. The molecule has 0 unspecified atom stereocenters. The minimum Gasteiger partial charge on any atom is -0.380 e. The Morgan fingerprint density at radius 3 is 2.18 bits per heavy atom. The van der Waals surface area contributed by atoms with E-state index in [1.807, 2.05) is 0 Å². The summed E-state index contributed by atoms with van der Waals surface area (Å²) in [7, 11) is 0. The van der Waals surface area contributed by atoms with E-state index in [0.29, 0.717) is 6.04 Å². The van der Waals surface area contributed by atoms with E-state index < -0.39 is 0 Å². The van der Waals surface area contributed by atoms with Crippen LogP contribution in [0.1, 0.15) is 32.3 Å². The lowest BCUT2D eigenvalue weighted by atomic mass is 9.73. The Kier molecular flexibility index (Phi) is 4.19. The third-order valence-corrected chi connectivity index (χ3v) is 4.90. The van der Waals surface area contributed by atoms with Gasteiger partial charge in [0.2, 0.25) is 0 Å². The van der Waals surface area contributed by atoms with Gasteiger partial charge in [0.05, 0.1) is 5.69 Å². The molecular formula is C14H19Br2N. The molecule has 1 N–H and O–H groups in total. The smallest absolute Gasteiger partial charge is 0.0631 e. The Labute approximate surface area is 121 Å². The highest BCUT2D eigenvalue weighted by Crippen LogP contribution is 2.39. The quantitative estimate of drug-likeness (QED) is 0.764. The van der Waals surface area contributed by atoms with E-state index in [4.69, 9.17) is 0 Å². The van der Waals surface area contributed by atoms with Crippen LogP contribution < -0.4 is 5.32 Å². The molecule has 3 heteroatoms. The van der Waals surface area contributed by atoms with E-state index in [1.165, 1.54) is 24.1 Å². The van der Waals surface area contributed by atoms with E-state index in [0.717, 1.165) is 20.8 Å². The van der Waals surface area contributed by atoms with Crippen molar-refractivity contribution in [3.8, 4) is 0 Å². The van der Waals surface area contributed by atoms with Crippen LogP contribution in [0.3, 0.4) is 0 Å². The molecule has 1 nitrogen and oxygen atoms in total. The maximum Gasteiger partial charge on any atom is 0.0631 e. The molecule has 0 heterocycles. The molecule has 17 heavy (non-hydrogen) atoms. The molecule has 0 amide bonds. The minimum atomic E-state index is 0.637. The minimum absolute atomic E-state index is 0.637. The fourth-order valence-corrected chi connectivity index (χ4v) is 4.01. The molecule has 1 aliphatic rings. The number of halogens is 2. The number of hydrogen-bond acceptors (Lipinski definition) is 1. The zero-order valence-electron chi connectivity index (χ0n) is 10.6. The molecule has 1 fully saturated rings. The molecule has 1 aromatic rings. The Hall–Kier alpha value is -0.0200. The van der Waals surface area contributed by atoms with Gasteiger partial charge in [0, 0.05) is 15.0 Å². The van der Waals surface area contributed by atoms with Gasteiger partial charge in [-0.15, -0.1) is 0 Å². The van der Waals surface area contributed by atoms with Crippen molar-refractivity contribution >= 4 is 37.5 Å². The first-order chi connectivity index (χ1) is 7.97. The van der Waals surface area contributed by atoms with Gasteiger partial charge in [0.25, 0.3) is 0 Å². The third kappa shape index (κ3) is 3.05. The highest BCUT2D eigenvalue weighted by atomic mass is 79.9. The zero-order chi connectivity index (χ0) is 12.6. The van der Waals surface area contributed by atoms with Gasteiger partial charge in [0.1, 0.15) is 0 Å². The number of aryl methyl sites for hydroxylation is 1. The summed E-state index contributed by atoms with van der Waals surface area (Å²) >= 11 is 7.26. The van der Waals surface area contributed by atoms with Crippen molar-refractivity contribution in [3.63, 3.8) is 0 Å². The van der Waals surface area contributed by atoms with Crippen LogP contribution >= 0.6 is 31.9 Å². The summed E-state index contributed by atoms with van der Waals surface area (Å²) in [6.45, 7) is 6.74. The van der Waals surface area contributed by atoms with Crippen molar-refractivity contribution in [1.29, 1.82) is 0 Å². The van der Waals surface area contributed by atoms with Gasteiger partial charge >= 0.3 is 0 Å². The van der Waals surface area contributed by atoms with E-state index in [-0.39, 0.29) is 0 Å². The topological polar surface area (TPSA) is 12.0 Å². The van der Waals surface area contributed by atoms with Crippen molar-refractivity contribution in [1.82, 2.24) is 0 Å². The average molecular weight is 361 g/mol. The highest BCUT2D eigenvalue weighted by molar-refractivity contribution is 9.11. The van der Waals surface area contributed by atoms with E-state index in [9.17, 15) is 0 Å². The standard InChI is InChI=1S/C14H19Br2N/c1-8(2)10-6-11(7-10)17-14-12(15)4-9(3)5-13(14)16/h4-5,8,10-11,17H,6-7H2,1-3H3. The van der Waals surface area contributed by atoms with Crippen LogP contribution in [0, 0.1) is 18.8 Å². The molecule has 0 radical (unpaired) electrons. The van der Waals surface area contributed by atoms with Gasteiger partial charge in [-0.2, -0.15) is 0 Å². The Morgan fingerprint density at radius 2 is 1.71 bits per heavy atom. The maximum atomic E-state index is 3.63. The molecule has 0 aromatic heterocycles. The van der Waals surface area contributed by atoms with Crippen molar-refractivity contribution in [2.45, 2.75) is 39.7 Å². The first-order valence-electron chi connectivity index (χ1n) is 6.19. The summed E-state index contributed by atoms with van der Waals surface area (Å²) in [5, 5.41) is 3.63. The van der Waals surface area contributed by atoms with Gasteiger partial charge in [-0.3, -0.25) is 0 Å². The molecule has 0 saturated heterocycles. The summed E-state index contributed by atoms with van der Waals surface area (Å²) in [4.78, 5) is 0. The van der Waals surface area contributed by atoms with Crippen molar-refractivity contribution < 1.29 is 0 Å². The first-order valence-corrected chi connectivity index (χ1v) is 7.78. The lowest BCUT2D eigenvalue weighted by Crippen LogP contribution is -2.38. The molecular weight excluding hydrogens is 342 g/mol. The largest absolute Gasteiger partial charge is 0.380 e. The molecule has 94 valence electrons. The molecule has 2 rings (SSSR count). The van der Waals surface area contributed by atoms with Crippen LogP contribution in [-0.4, -0.2) is 6.04 Å². The van der Waals surface area contributed by atoms with Gasteiger partial charge < -0.3 is 5.32 Å². The van der Waals surface area contributed by atoms with Gasteiger partial charge in [-0.1, -0.05) is 13.8 Å². The summed E-state index contributed by atoms with van der Waals surface area (Å²) in [6.07, 6.45) is 2.59. The van der Waals surface area contributed by atoms with Crippen LogP contribution in [-0.2, 0) is 0 Å². The van der Waals surface area contributed by atoms with Crippen molar-refractivity contribution in [3.05, 3.63) is 26.6 Å². The molecule has 0 atom stereocenters. The Morgan fingerprint density at radius 1 is 1.18 bits per heavy atom. The summed E-state index contributed by atoms with van der Waals surface area (Å²) in [5.74, 6) is 1.72. The van der Waals surface area contributed by atoms with E-state index >= 15 is 0 Å². The van der Waals surface area contributed by atoms with Gasteiger partial charge in [-0.25, -0.2) is 0 Å². The number of nitrogens with one attached hydrogen (secondary N) is 1. The van der Waals surface area contributed by atoms with Crippen LogP contribution in [0.25, 0.3) is 0 Å². The maximum absolute atomic E-state index is 3.63. The number of rotatable bonds is 3. The Balaban J connectivity index is 2.01. The fraction of sp³-hybridized carbons (Fsp3) is 0.571. The first kappa shape index (κ1) is 13.4. The van der Waals surface area contributed by atoms with Crippen LogP contribution in [0.2, 0.25) is 0 Å². The van der Waals surface area contributed by atoms with Gasteiger partial charge in [-0.05, 0) is 81.2 Å². The predicted molar refractivity (Wildman–Crippen MR) is 81.6 cm³/mol. The fourth-order valence-electron chi connectivity index (χ4n) is 2.37. The second kappa shape index (κ2) is 5.31. The molecule has 1 aliphatic carbocycles. The van der Waals surface area contributed by atoms with Crippen molar-refractivity contribution in [2.75, 3.05) is 5.32 Å². The summed E-state index contributed by atoms with van der Waals surface area (Å²) < 4.78 is 2.30. The van der Waals surface area contributed by atoms with Crippen LogP contribution in [0.5, 0.6) is 0 Å². The lowest BCUT2D eigenvalue weighted by molar-refractivity contribution is 0.211. The molecule has 0 bridgehead atoms. The van der Waals surface area contributed by atoms with Crippen LogP contribution in [0.15, 0.2) is 21.1 Å². The summed E-state index contributed by atoms with van der Waals surface area (Å²) in [6, 6.07) is 4.95. The molecule has 0 spiro atoms. The van der Waals surface area contributed by atoms with E-state index in [1.54, 1.807) is 0 Å². The highest BCUT2D eigenvalue weighted by Gasteiger charge is 2.31. The second-order valence-corrected chi connectivity index (χ2v) is 7.13. The lowest BCUT2D eigenvalue weighted by Gasteiger charge is -2.39. The molecule has 1 saturated carbocycles. The normalized spacial score (nSPS) is 23.6. The number of anilines is 1. The van der Waals surface area contributed by atoms with E-state index in [2.05, 4.69) is 70.1 Å². The molecule has 1 aromatic carbocycles. The number of benzene rings is 1. The second-order valence-electron chi connectivity index (χ2n) is 5.42. The zero-order valence-corrected chi connectivity index (χ0v) is 13.7. The monoisotopic (exact) mass is 359 g/mol. The predicted octanol–water partition coefficient (Wildman–Crippen LogP) is 5.37. The third-order valence-electron chi connectivity index (χ3n) is 3.65. The van der Waals surface area contributed by atoms with Crippen LogP contribution in [0.4, 0.5) is 5.69 Å².